The molecule has 0 saturated carbocycles. The normalized spacial score (nSPS) is 12.2. The van der Waals surface area contributed by atoms with Crippen LogP contribution in [0.15, 0.2) is 24.3 Å². The number of rotatable bonds is 8. The van der Waals surface area contributed by atoms with E-state index in [0.29, 0.717) is 13.0 Å². The minimum Gasteiger partial charge on any atom is -0.444 e. The van der Waals surface area contributed by atoms with Crippen molar-refractivity contribution in [2.75, 3.05) is 18.5 Å². The van der Waals surface area contributed by atoms with E-state index in [1.165, 1.54) is 0 Å². The summed E-state index contributed by atoms with van der Waals surface area (Å²) in [6.07, 6.45) is 1.57. The van der Waals surface area contributed by atoms with Gasteiger partial charge in [0.05, 0.1) is 12.6 Å². The number of carbonyl (C=O) groups is 2. The number of amides is 3. The molecule has 1 rings (SSSR count). The number of alkyl carbamates (subject to hydrolysis) is 1. The van der Waals surface area contributed by atoms with Gasteiger partial charge in [0.1, 0.15) is 5.60 Å². The maximum absolute atomic E-state index is 11.9. The van der Waals surface area contributed by atoms with Crippen molar-refractivity contribution in [1.82, 2.24) is 10.6 Å². The van der Waals surface area contributed by atoms with Crippen LogP contribution in [0.1, 0.15) is 45.6 Å². The highest BCUT2D eigenvalue weighted by Crippen LogP contribution is 2.12. The number of aliphatic hydroxyl groups excluding tert-OH is 1. The largest absolute Gasteiger partial charge is 0.444 e. The third-order valence-electron chi connectivity index (χ3n) is 3.60. The second kappa shape index (κ2) is 10.7. The first-order chi connectivity index (χ1) is 12.2. The Bertz CT molecular complexity index is 584. The lowest BCUT2D eigenvalue weighted by molar-refractivity contribution is 0.0478. The number of para-hydroxylation sites is 1. The zero-order valence-electron chi connectivity index (χ0n) is 16.1. The molecule has 0 spiro atoms. The molecule has 26 heavy (non-hydrogen) atoms. The van der Waals surface area contributed by atoms with Gasteiger partial charge in [0.2, 0.25) is 0 Å². The molecule has 0 radical (unpaired) electrons. The number of aryl methyl sites for hydroxylation is 1. The SMILES string of the molecule is Cc1ccccc1NC(=O)NCCCC[C@H](CO)NC(=O)OC(C)(C)C. The van der Waals surface area contributed by atoms with Crippen LogP contribution in [-0.4, -0.2) is 42.0 Å². The Kier molecular flexibility index (Phi) is 8.92. The van der Waals surface area contributed by atoms with Gasteiger partial charge < -0.3 is 25.8 Å². The summed E-state index contributed by atoms with van der Waals surface area (Å²) < 4.78 is 5.17. The van der Waals surface area contributed by atoms with Gasteiger partial charge in [0.15, 0.2) is 0 Å². The number of carbonyl (C=O) groups excluding carboxylic acids is 2. The van der Waals surface area contributed by atoms with E-state index in [2.05, 4.69) is 16.0 Å². The van der Waals surface area contributed by atoms with Gasteiger partial charge in [-0.2, -0.15) is 0 Å². The smallest absolute Gasteiger partial charge is 0.407 e. The van der Waals surface area contributed by atoms with Crippen molar-refractivity contribution < 1.29 is 19.4 Å². The fourth-order valence-corrected chi connectivity index (χ4v) is 2.28. The van der Waals surface area contributed by atoms with E-state index in [1.54, 1.807) is 20.8 Å². The molecule has 7 nitrogen and oxygen atoms in total. The van der Waals surface area contributed by atoms with Crippen molar-refractivity contribution >= 4 is 17.8 Å². The predicted octanol–water partition coefficient (Wildman–Crippen LogP) is 3.17. The number of hydrogen-bond acceptors (Lipinski definition) is 4. The fraction of sp³-hybridized carbons (Fsp3) is 0.579. The van der Waals surface area contributed by atoms with Crippen molar-refractivity contribution in [3.05, 3.63) is 29.8 Å². The highest BCUT2D eigenvalue weighted by atomic mass is 16.6. The Morgan fingerprint density at radius 3 is 2.50 bits per heavy atom. The van der Waals surface area contributed by atoms with Crippen LogP contribution in [0.4, 0.5) is 15.3 Å². The molecule has 4 N–H and O–H groups in total. The molecule has 146 valence electrons. The molecule has 0 saturated heterocycles. The third kappa shape index (κ3) is 9.27. The molecule has 1 aromatic carbocycles. The van der Waals surface area contributed by atoms with E-state index < -0.39 is 11.7 Å². The second-order valence-electron chi connectivity index (χ2n) is 7.22. The van der Waals surface area contributed by atoms with Crippen molar-refractivity contribution in [2.24, 2.45) is 0 Å². The van der Waals surface area contributed by atoms with Crippen molar-refractivity contribution in [2.45, 2.75) is 58.6 Å². The van der Waals surface area contributed by atoms with Gasteiger partial charge in [-0.1, -0.05) is 18.2 Å². The van der Waals surface area contributed by atoms with Crippen LogP contribution in [0.2, 0.25) is 0 Å². The van der Waals surface area contributed by atoms with Gasteiger partial charge in [-0.25, -0.2) is 9.59 Å². The molecule has 7 heteroatoms. The average molecular weight is 365 g/mol. The zero-order chi connectivity index (χ0) is 19.6. The molecule has 0 aliphatic carbocycles. The highest BCUT2D eigenvalue weighted by Gasteiger charge is 2.18. The van der Waals surface area contributed by atoms with Crippen LogP contribution >= 0.6 is 0 Å². The molecular formula is C19H31N3O4. The predicted molar refractivity (Wildman–Crippen MR) is 102 cm³/mol. The summed E-state index contributed by atoms with van der Waals surface area (Å²) in [6.45, 7) is 7.65. The molecule has 0 fully saturated rings. The highest BCUT2D eigenvalue weighted by molar-refractivity contribution is 5.89. The standard InChI is InChI=1S/C19H31N3O4/c1-14-9-5-6-11-16(14)22-17(24)20-12-8-7-10-15(13-23)21-18(25)26-19(2,3)4/h5-6,9,11,15,23H,7-8,10,12-13H2,1-4H3,(H,21,25)(H2,20,22,24)/t15-/m1/s1. The van der Waals surface area contributed by atoms with Gasteiger partial charge in [0.25, 0.3) is 0 Å². The molecular weight excluding hydrogens is 334 g/mol. The van der Waals surface area contributed by atoms with Crippen LogP contribution in [0.5, 0.6) is 0 Å². The van der Waals surface area contributed by atoms with Gasteiger partial charge in [-0.05, 0) is 58.6 Å². The summed E-state index contributed by atoms with van der Waals surface area (Å²) >= 11 is 0. The number of unbranched alkanes of at least 4 members (excludes halogenated alkanes) is 1. The Morgan fingerprint density at radius 2 is 1.88 bits per heavy atom. The Balaban J connectivity index is 2.21. The van der Waals surface area contributed by atoms with E-state index in [1.807, 2.05) is 31.2 Å². The minimum atomic E-state index is -0.571. The van der Waals surface area contributed by atoms with Gasteiger partial charge in [-0.3, -0.25) is 0 Å². The molecule has 0 aromatic heterocycles. The first kappa shape index (κ1) is 21.8. The van der Waals surface area contributed by atoms with Crippen molar-refractivity contribution in [1.29, 1.82) is 0 Å². The zero-order valence-corrected chi connectivity index (χ0v) is 16.1. The topological polar surface area (TPSA) is 99.7 Å². The monoisotopic (exact) mass is 365 g/mol. The maximum Gasteiger partial charge on any atom is 0.407 e. The number of urea groups is 1. The van der Waals surface area contributed by atoms with E-state index in [9.17, 15) is 14.7 Å². The van der Waals surface area contributed by atoms with Crippen LogP contribution in [0, 0.1) is 6.92 Å². The molecule has 0 bridgehead atoms. The molecule has 1 atom stereocenters. The third-order valence-corrected chi connectivity index (χ3v) is 3.60. The van der Waals surface area contributed by atoms with Crippen molar-refractivity contribution in [3.8, 4) is 0 Å². The summed E-state index contributed by atoms with van der Waals surface area (Å²) in [7, 11) is 0. The summed E-state index contributed by atoms with van der Waals surface area (Å²) in [5.74, 6) is 0. The minimum absolute atomic E-state index is 0.152. The quantitative estimate of drug-likeness (QED) is 0.532. The average Bonchev–Trinajstić information content (AvgIpc) is 2.53. The summed E-state index contributed by atoms with van der Waals surface area (Å²) in [4.78, 5) is 23.6. The van der Waals surface area contributed by atoms with Crippen molar-refractivity contribution in [3.63, 3.8) is 0 Å². The first-order valence-corrected chi connectivity index (χ1v) is 8.92. The van der Waals surface area contributed by atoms with Gasteiger partial charge in [-0.15, -0.1) is 0 Å². The summed E-state index contributed by atoms with van der Waals surface area (Å²) in [6, 6.07) is 6.97. The molecule has 0 unspecified atom stereocenters. The summed E-state index contributed by atoms with van der Waals surface area (Å²) in [5.41, 5.74) is 1.21. The number of benzene rings is 1. The van der Waals surface area contributed by atoms with Gasteiger partial charge in [0, 0.05) is 12.2 Å². The van der Waals surface area contributed by atoms with E-state index >= 15 is 0 Å². The van der Waals surface area contributed by atoms with Crippen LogP contribution < -0.4 is 16.0 Å². The maximum atomic E-state index is 11.9. The first-order valence-electron chi connectivity index (χ1n) is 8.92. The lowest BCUT2D eigenvalue weighted by atomic mass is 10.1. The number of anilines is 1. The van der Waals surface area contributed by atoms with Crippen LogP contribution in [-0.2, 0) is 4.74 Å². The van der Waals surface area contributed by atoms with E-state index in [-0.39, 0.29) is 18.7 Å². The fourth-order valence-electron chi connectivity index (χ4n) is 2.28. The molecule has 0 aliphatic rings. The number of ether oxygens (including phenoxy) is 1. The lowest BCUT2D eigenvalue weighted by Crippen LogP contribution is -2.41. The molecule has 3 amide bonds. The Labute approximate surface area is 155 Å². The molecule has 0 heterocycles. The summed E-state index contributed by atoms with van der Waals surface area (Å²) in [5, 5.41) is 17.6. The van der Waals surface area contributed by atoms with Gasteiger partial charge >= 0.3 is 12.1 Å². The number of nitrogens with one attached hydrogen (secondary N) is 3. The van der Waals surface area contributed by atoms with E-state index in [0.717, 1.165) is 24.1 Å². The Morgan fingerprint density at radius 1 is 1.19 bits per heavy atom. The van der Waals surface area contributed by atoms with E-state index in [4.69, 9.17) is 4.74 Å². The van der Waals surface area contributed by atoms with Crippen LogP contribution in [0.25, 0.3) is 0 Å². The number of aliphatic hydroxyl groups is 1. The van der Waals surface area contributed by atoms with Crippen LogP contribution in [0.3, 0.4) is 0 Å². The molecule has 1 aromatic rings. The Hall–Kier alpha value is -2.28. The second-order valence-corrected chi connectivity index (χ2v) is 7.22. The number of hydrogen-bond donors (Lipinski definition) is 4. The lowest BCUT2D eigenvalue weighted by Gasteiger charge is -2.22. The molecule has 0 aliphatic heterocycles.